The molecule has 0 aliphatic heterocycles. The summed E-state index contributed by atoms with van der Waals surface area (Å²) in [6.45, 7) is 0.490. The van der Waals surface area contributed by atoms with E-state index in [0.717, 1.165) is 18.9 Å². The molecule has 0 bridgehead atoms. The number of halogens is 1. The van der Waals surface area contributed by atoms with Crippen LogP contribution in [0.3, 0.4) is 0 Å². The van der Waals surface area contributed by atoms with Gasteiger partial charge in [-0.05, 0) is 19.3 Å². The predicted octanol–water partition coefficient (Wildman–Crippen LogP) is 1.20. The van der Waals surface area contributed by atoms with Gasteiger partial charge in [-0.1, -0.05) is 22.0 Å². The quantitative estimate of drug-likeness (QED) is 0.418. The van der Waals surface area contributed by atoms with Crippen molar-refractivity contribution in [2.75, 3.05) is 6.54 Å². The zero-order valence-electron chi connectivity index (χ0n) is 8.65. The molecule has 0 fully saturated rings. The van der Waals surface area contributed by atoms with Gasteiger partial charge in [-0.2, -0.15) is 5.26 Å². The molecule has 2 N–H and O–H groups in total. The molecule has 0 aromatic rings. The fourth-order valence-corrected chi connectivity index (χ4v) is 1.09. The van der Waals surface area contributed by atoms with Gasteiger partial charge < -0.3 is 10.4 Å². The largest absolute Gasteiger partial charge is 0.478 e. The van der Waals surface area contributed by atoms with Gasteiger partial charge in [-0.25, -0.2) is 4.79 Å². The average molecular weight is 289 g/mol. The Balaban J connectivity index is 3.45. The van der Waals surface area contributed by atoms with Crippen molar-refractivity contribution in [1.29, 1.82) is 5.26 Å². The van der Waals surface area contributed by atoms with Gasteiger partial charge in [-0.15, -0.1) is 0 Å². The summed E-state index contributed by atoms with van der Waals surface area (Å²) in [7, 11) is 0. The summed E-state index contributed by atoms with van der Waals surface area (Å²) < 4.78 is 0. The molecule has 0 spiro atoms. The third-order valence-corrected chi connectivity index (χ3v) is 2.32. The molecule has 0 aromatic heterocycles. The SMILES string of the molecule is N#CC(Br)C(=O)NCCCCC=CC(=O)O. The zero-order valence-corrected chi connectivity index (χ0v) is 10.2. The summed E-state index contributed by atoms with van der Waals surface area (Å²) in [5.74, 6) is -1.30. The Bertz CT molecular complexity index is 310. The van der Waals surface area contributed by atoms with Crippen LogP contribution in [0.4, 0.5) is 0 Å². The van der Waals surface area contributed by atoms with E-state index >= 15 is 0 Å². The molecule has 1 amide bonds. The highest BCUT2D eigenvalue weighted by Gasteiger charge is 2.11. The van der Waals surface area contributed by atoms with Crippen LogP contribution >= 0.6 is 15.9 Å². The number of nitrogens with one attached hydrogen (secondary N) is 1. The average Bonchev–Trinajstić information content (AvgIpc) is 2.25. The number of hydrogen-bond acceptors (Lipinski definition) is 3. The number of aliphatic carboxylic acids is 1. The van der Waals surface area contributed by atoms with Crippen LogP contribution in [0.25, 0.3) is 0 Å². The Morgan fingerprint density at radius 2 is 2.19 bits per heavy atom. The maximum atomic E-state index is 11.1. The number of unbranched alkanes of at least 4 members (excludes halogenated alkanes) is 2. The molecule has 88 valence electrons. The lowest BCUT2D eigenvalue weighted by Gasteiger charge is -2.03. The molecule has 0 aliphatic carbocycles. The zero-order chi connectivity index (χ0) is 12.4. The summed E-state index contributed by atoms with van der Waals surface area (Å²) in [5.41, 5.74) is 0. The number of nitrogens with zero attached hydrogens (tertiary/aromatic N) is 1. The topological polar surface area (TPSA) is 90.2 Å². The van der Waals surface area contributed by atoms with Gasteiger partial charge in [0.15, 0.2) is 4.83 Å². The van der Waals surface area contributed by atoms with E-state index in [1.54, 1.807) is 12.1 Å². The molecule has 1 unspecified atom stereocenters. The number of rotatable bonds is 7. The molecule has 0 radical (unpaired) electrons. The van der Waals surface area contributed by atoms with E-state index in [1.165, 1.54) is 0 Å². The highest BCUT2D eigenvalue weighted by molar-refractivity contribution is 9.10. The molecule has 1 atom stereocenters. The Morgan fingerprint density at radius 1 is 1.50 bits per heavy atom. The molecule has 16 heavy (non-hydrogen) atoms. The van der Waals surface area contributed by atoms with E-state index in [1.807, 2.05) is 0 Å². The second-order valence-corrected chi connectivity index (χ2v) is 3.93. The molecule has 0 aromatic carbocycles. The lowest BCUT2D eigenvalue weighted by atomic mass is 10.2. The second kappa shape index (κ2) is 8.92. The van der Waals surface area contributed by atoms with Crippen LogP contribution in [0, 0.1) is 11.3 Å². The van der Waals surface area contributed by atoms with Crippen molar-refractivity contribution in [3.05, 3.63) is 12.2 Å². The van der Waals surface area contributed by atoms with Gasteiger partial charge in [0, 0.05) is 12.6 Å². The number of alkyl halides is 1. The van der Waals surface area contributed by atoms with E-state index in [9.17, 15) is 9.59 Å². The van der Waals surface area contributed by atoms with E-state index in [4.69, 9.17) is 10.4 Å². The van der Waals surface area contributed by atoms with Crippen LogP contribution in [-0.2, 0) is 9.59 Å². The fourth-order valence-electron chi connectivity index (χ4n) is 0.931. The van der Waals surface area contributed by atoms with Crippen molar-refractivity contribution < 1.29 is 14.7 Å². The molecule has 5 nitrogen and oxygen atoms in total. The Hall–Kier alpha value is -1.35. The van der Waals surface area contributed by atoms with Crippen molar-refractivity contribution in [2.24, 2.45) is 0 Å². The minimum atomic E-state index is -0.954. The monoisotopic (exact) mass is 288 g/mol. The Kier molecular flexibility index (Phi) is 8.17. The van der Waals surface area contributed by atoms with Crippen LogP contribution in [0.1, 0.15) is 19.3 Å². The van der Waals surface area contributed by atoms with E-state index in [-0.39, 0.29) is 5.91 Å². The first kappa shape index (κ1) is 14.6. The van der Waals surface area contributed by atoms with Gasteiger partial charge in [-0.3, -0.25) is 4.79 Å². The van der Waals surface area contributed by atoms with E-state index in [0.29, 0.717) is 13.0 Å². The Morgan fingerprint density at radius 3 is 2.75 bits per heavy atom. The van der Waals surface area contributed by atoms with Gasteiger partial charge >= 0.3 is 5.97 Å². The van der Waals surface area contributed by atoms with Crippen LogP contribution in [0.2, 0.25) is 0 Å². The van der Waals surface area contributed by atoms with Gasteiger partial charge in [0.1, 0.15) is 0 Å². The van der Waals surface area contributed by atoms with E-state index in [2.05, 4.69) is 21.2 Å². The van der Waals surface area contributed by atoms with Gasteiger partial charge in [0.25, 0.3) is 0 Å². The molecular weight excluding hydrogens is 276 g/mol. The first-order valence-corrected chi connectivity index (χ1v) is 5.70. The first-order valence-electron chi connectivity index (χ1n) is 4.78. The van der Waals surface area contributed by atoms with Crippen LogP contribution in [0.15, 0.2) is 12.2 Å². The minimum absolute atomic E-state index is 0.344. The number of carboxylic acid groups (broad SMARTS) is 1. The lowest BCUT2D eigenvalue weighted by molar-refractivity contribution is -0.131. The summed E-state index contributed by atoms with van der Waals surface area (Å²) >= 11 is 2.90. The molecule has 0 heterocycles. The maximum absolute atomic E-state index is 11.1. The summed E-state index contributed by atoms with van der Waals surface area (Å²) in [5, 5.41) is 19.3. The smallest absolute Gasteiger partial charge is 0.327 e. The molecule has 6 heteroatoms. The van der Waals surface area contributed by atoms with Crippen molar-refractivity contribution in [2.45, 2.75) is 24.1 Å². The highest BCUT2D eigenvalue weighted by atomic mass is 79.9. The van der Waals surface area contributed by atoms with Crippen LogP contribution < -0.4 is 5.32 Å². The number of carbonyl (C=O) groups is 2. The summed E-state index contributed by atoms with van der Waals surface area (Å²) in [6, 6.07) is 1.77. The van der Waals surface area contributed by atoms with E-state index < -0.39 is 10.8 Å². The number of amides is 1. The molecule has 0 saturated carbocycles. The Labute approximate surface area is 102 Å². The number of carbonyl (C=O) groups excluding carboxylic acids is 1. The van der Waals surface area contributed by atoms with Crippen molar-refractivity contribution in [3.8, 4) is 6.07 Å². The van der Waals surface area contributed by atoms with Crippen molar-refractivity contribution in [3.63, 3.8) is 0 Å². The number of hydrogen-bond donors (Lipinski definition) is 2. The van der Waals surface area contributed by atoms with Crippen LogP contribution in [0.5, 0.6) is 0 Å². The van der Waals surface area contributed by atoms with Crippen molar-refractivity contribution >= 4 is 27.8 Å². The minimum Gasteiger partial charge on any atom is -0.478 e. The summed E-state index contributed by atoms with van der Waals surface area (Å²) in [6.07, 6.45) is 4.89. The molecular formula is C10H13BrN2O3. The number of allylic oxidation sites excluding steroid dienone is 1. The molecule has 0 saturated heterocycles. The lowest BCUT2D eigenvalue weighted by Crippen LogP contribution is -2.30. The summed E-state index contributed by atoms with van der Waals surface area (Å²) in [4.78, 5) is 20.4. The maximum Gasteiger partial charge on any atom is 0.327 e. The normalized spacial score (nSPS) is 12.0. The van der Waals surface area contributed by atoms with Crippen molar-refractivity contribution in [1.82, 2.24) is 5.32 Å². The molecule has 0 aliphatic rings. The van der Waals surface area contributed by atoms with Gasteiger partial charge in [0.05, 0.1) is 6.07 Å². The van der Waals surface area contributed by atoms with Crippen LogP contribution in [-0.4, -0.2) is 28.4 Å². The fraction of sp³-hybridized carbons (Fsp3) is 0.500. The third kappa shape index (κ3) is 8.00. The number of nitriles is 1. The second-order valence-electron chi connectivity index (χ2n) is 3.02. The predicted molar refractivity (Wildman–Crippen MR) is 62.0 cm³/mol. The number of carboxylic acids is 1. The highest BCUT2D eigenvalue weighted by Crippen LogP contribution is 1.98. The van der Waals surface area contributed by atoms with Gasteiger partial charge in [0.2, 0.25) is 5.91 Å². The standard InChI is InChI=1S/C10H13BrN2O3/c11-8(7-12)10(16)13-6-4-2-1-3-5-9(14)15/h3,5,8H,1-2,4,6H2,(H,13,16)(H,14,15). The third-order valence-electron chi connectivity index (χ3n) is 1.70. The molecule has 0 rings (SSSR count). The first-order chi connectivity index (χ1) is 7.57.